The van der Waals surface area contributed by atoms with Crippen LogP contribution in [0.5, 0.6) is 0 Å². The Labute approximate surface area is 124 Å². The van der Waals surface area contributed by atoms with E-state index >= 15 is 0 Å². The molecule has 1 aromatic heterocycles. The van der Waals surface area contributed by atoms with E-state index in [0.717, 1.165) is 24.9 Å². The first-order valence-electron chi connectivity index (χ1n) is 7.25. The van der Waals surface area contributed by atoms with Gasteiger partial charge in [-0.1, -0.05) is 0 Å². The van der Waals surface area contributed by atoms with Gasteiger partial charge < -0.3 is 16.0 Å². The molecule has 0 aromatic carbocycles. The standard InChI is InChI=1S/C15H21N5O/c1-11-4-6-18-14(13(11)9-17)20-8-2-3-12(10-20)15(21)19-7-5-16/h4,6,12H,2-3,5,7-8,10,16H2,1H3,(H,19,21). The lowest BCUT2D eigenvalue weighted by molar-refractivity contribution is -0.125. The first-order valence-corrected chi connectivity index (χ1v) is 7.25. The highest BCUT2D eigenvalue weighted by Gasteiger charge is 2.27. The normalized spacial score (nSPS) is 18.1. The van der Waals surface area contributed by atoms with Gasteiger partial charge in [0.2, 0.25) is 5.91 Å². The van der Waals surface area contributed by atoms with E-state index in [0.29, 0.717) is 31.0 Å². The summed E-state index contributed by atoms with van der Waals surface area (Å²) in [6.07, 6.45) is 3.49. The molecule has 0 aliphatic carbocycles. The molecule has 1 aliphatic rings. The number of aromatic nitrogens is 1. The van der Waals surface area contributed by atoms with Crippen molar-refractivity contribution in [3.05, 3.63) is 23.4 Å². The Morgan fingerprint density at radius 2 is 2.48 bits per heavy atom. The lowest BCUT2D eigenvalue weighted by Gasteiger charge is -2.33. The third kappa shape index (κ3) is 3.50. The lowest BCUT2D eigenvalue weighted by Crippen LogP contribution is -2.44. The second-order valence-electron chi connectivity index (χ2n) is 5.30. The average molecular weight is 287 g/mol. The number of nitrogens with one attached hydrogen (secondary N) is 1. The molecule has 1 atom stereocenters. The summed E-state index contributed by atoms with van der Waals surface area (Å²) < 4.78 is 0. The van der Waals surface area contributed by atoms with Gasteiger partial charge in [-0.2, -0.15) is 5.26 Å². The van der Waals surface area contributed by atoms with Crippen LogP contribution in [-0.4, -0.2) is 37.1 Å². The van der Waals surface area contributed by atoms with Gasteiger partial charge in [-0.25, -0.2) is 4.98 Å². The van der Waals surface area contributed by atoms with Gasteiger partial charge in [-0.05, 0) is 31.4 Å². The molecule has 1 amide bonds. The molecule has 0 saturated carbocycles. The highest BCUT2D eigenvalue weighted by molar-refractivity contribution is 5.79. The molecule has 3 N–H and O–H groups in total. The smallest absolute Gasteiger partial charge is 0.224 e. The fourth-order valence-electron chi connectivity index (χ4n) is 2.65. The number of pyridine rings is 1. The molecule has 6 heteroatoms. The van der Waals surface area contributed by atoms with Crippen LogP contribution in [0.3, 0.4) is 0 Å². The van der Waals surface area contributed by atoms with E-state index in [2.05, 4.69) is 16.4 Å². The van der Waals surface area contributed by atoms with E-state index < -0.39 is 0 Å². The van der Waals surface area contributed by atoms with Gasteiger partial charge in [0.15, 0.2) is 0 Å². The number of hydrogen-bond donors (Lipinski definition) is 2. The maximum absolute atomic E-state index is 12.1. The number of carbonyl (C=O) groups excluding carboxylic acids is 1. The zero-order valence-corrected chi connectivity index (χ0v) is 12.3. The summed E-state index contributed by atoms with van der Waals surface area (Å²) in [7, 11) is 0. The quantitative estimate of drug-likeness (QED) is 0.843. The van der Waals surface area contributed by atoms with E-state index in [1.807, 2.05) is 17.9 Å². The summed E-state index contributed by atoms with van der Waals surface area (Å²) in [6.45, 7) is 4.27. The number of hydrogen-bond acceptors (Lipinski definition) is 5. The summed E-state index contributed by atoms with van der Waals surface area (Å²) in [5, 5.41) is 12.1. The minimum Gasteiger partial charge on any atom is -0.355 e. The largest absolute Gasteiger partial charge is 0.355 e. The number of piperidine rings is 1. The van der Waals surface area contributed by atoms with E-state index in [-0.39, 0.29) is 11.8 Å². The van der Waals surface area contributed by atoms with E-state index in [4.69, 9.17) is 5.73 Å². The van der Waals surface area contributed by atoms with Gasteiger partial charge in [0, 0.05) is 32.4 Å². The predicted molar refractivity (Wildman–Crippen MR) is 80.7 cm³/mol. The highest BCUT2D eigenvalue weighted by atomic mass is 16.1. The van der Waals surface area contributed by atoms with Crippen molar-refractivity contribution in [3.63, 3.8) is 0 Å². The second-order valence-corrected chi connectivity index (χ2v) is 5.30. The number of anilines is 1. The van der Waals surface area contributed by atoms with Gasteiger partial charge in [-0.3, -0.25) is 4.79 Å². The van der Waals surface area contributed by atoms with Crippen LogP contribution in [0.4, 0.5) is 5.82 Å². The SMILES string of the molecule is Cc1ccnc(N2CCCC(C(=O)NCCN)C2)c1C#N. The number of nitrogens with two attached hydrogens (primary N) is 1. The minimum absolute atomic E-state index is 0.0383. The van der Waals surface area contributed by atoms with Crippen LogP contribution in [0, 0.1) is 24.2 Å². The Morgan fingerprint density at radius 3 is 3.19 bits per heavy atom. The third-order valence-corrected chi connectivity index (χ3v) is 3.79. The van der Waals surface area contributed by atoms with E-state index in [1.165, 1.54) is 0 Å². The Hall–Kier alpha value is -2.13. The first-order chi connectivity index (χ1) is 10.2. The Kier molecular flexibility index (Phi) is 5.12. The van der Waals surface area contributed by atoms with Crippen LogP contribution < -0.4 is 16.0 Å². The fourth-order valence-corrected chi connectivity index (χ4v) is 2.65. The number of amides is 1. The molecule has 0 spiro atoms. The molecule has 1 aliphatic heterocycles. The number of rotatable bonds is 4. The van der Waals surface area contributed by atoms with Crippen molar-refractivity contribution in [2.45, 2.75) is 19.8 Å². The number of carbonyl (C=O) groups is 1. The fraction of sp³-hybridized carbons (Fsp3) is 0.533. The highest BCUT2D eigenvalue weighted by Crippen LogP contribution is 2.25. The van der Waals surface area contributed by atoms with Crippen LogP contribution in [-0.2, 0) is 4.79 Å². The van der Waals surface area contributed by atoms with Crippen molar-refractivity contribution < 1.29 is 4.79 Å². The summed E-state index contributed by atoms with van der Waals surface area (Å²) in [6, 6.07) is 4.05. The van der Waals surface area contributed by atoms with Crippen LogP contribution in [0.1, 0.15) is 24.0 Å². The molecule has 1 saturated heterocycles. The molecule has 112 valence electrons. The molecule has 1 aromatic rings. The Balaban J connectivity index is 2.13. The van der Waals surface area contributed by atoms with E-state index in [9.17, 15) is 10.1 Å². The molecule has 0 bridgehead atoms. The van der Waals surface area contributed by atoms with Crippen molar-refractivity contribution in [1.82, 2.24) is 10.3 Å². The Morgan fingerprint density at radius 1 is 1.67 bits per heavy atom. The molecule has 1 unspecified atom stereocenters. The molecule has 2 rings (SSSR count). The zero-order valence-electron chi connectivity index (χ0n) is 12.3. The van der Waals surface area contributed by atoms with Crippen LogP contribution >= 0.6 is 0 Å². The number of nitrogens with zero attached hydrogens (tertiary/aromatic N) is 3. The molecule has 21 heavy (non-hydrogen) atoms. The van der Waals surface area contributed by atoms with E-state index in [1.54, 1.807) is 6.20 Å². The number of nitriles is 1. The van der Waals surface area contributed by atoms with Gasteiger partial charge in [0.1, 0.15) is 11.9 Å². The summed E-state index contributed by atoms with van der Waals surface area (Å²) in [4.78, 5) is 18.5. The summed E-state index contributed by atoms with van der Waals surface area (Å²) in [5.41, 5.74) is 6.92. The summed E-state index contributed by atoms with van der Waals surface area (Å²) in [5.74, 6) is 0.657. The topological polar surface area (TPSA) is 95.0 Å². The molecule has 2 heterocycles. The zero-order chi connectivity index (χ0) is 15.2. The molecular formula is C15H21N5O. The predicted octanol–water partition coefficient (Wildman–Crippen LogP) is 0.553. The van der Waals surface area contributed by atoms with Gasteiger partial charge in [-0.15, -0.1) is 0 Å². The van der Waals surface area contributed by atoms with Gasteiger partial charge >= 0.3 is 0 Å². The molecular weight excluding hydrogens is 266 g/mol. The van der Waals surface area contributed by atoms with Gasteiger partial charge in [0.05, 0.1) is 11.5 Å². The number of aryl methyl sites for hydroxylation is 1. The average Bonchev–Trinajstić information content (AvgIpc) is 2.52. The Bertz CT molecular complexity index is 551. The maximum Gasteiger partial charge on any atom is 0.224 e. The monoisotopic (exact) mass is 287 g/mol. The second kappa shape index (κ2) is 7.04. The van der Waals surface area contributed by atoms with Crippen molar-refractivity contribution in [1.29, 1.82) is 5.26 Å². The lowest BCUT2D eigenvalue weighted by atomic mass is 9.96. The molecule has 1 fully saturated rings. The van der Waals surface area contributed by atoms with Crippen molar-refractivity contribution in [3.8, 4) is 6.07 Å². The minimum atomic E-state index is -0.0702. The van der Waals surface area contributed by atoms with Crippen LogP contribution in [0.2, 0.25) is 0 Å². The summed E-state index contributed by atoms with van der Waals surface area (Å²) >= 11 is 0. The van der Waals surface area contributed by atoms with Crippen LogP contribution in [0.25, 0.3) is 0 Å². The molecule has 6 nitrogen and oxygen atoms in total. The van der Waals surface area contributed by atoms with Crippen molar-refractivity contribution in [2.75, 3.05) is 31.1 Å². The third-order valence-electron chi connectivity index (χ3n) is 3.79. The maximum atomic E-state index is 12.1. The molecule has 0 radical (unpaired) electrons. The van der Waals surface area contributed by atoms with Crippen LogP contribution in [0.15, 0.2) is 12.3 Å². The van der Waals surface area contributed by atoms with Gasteiger partial charge in [0.25, 0.3) is 0 Å². The first kappa shape index (κ1) is 15.3. The van der Waals surface area contributed by atoms with Crippen molar-refractivity contribution in [2.24, 2.45) is 11.7 Å². The van der Waals surface area contributed by atoms with Crippen molar-refractivity contribution >= 4 is 11.7 Å².